The summed E-state index contributed by atoms with van der Waals surface area (Å²) in [6.07, 6.45) is 0. The van der Waals surface area contributed by atoms with Crippen LogP contribution in [0.25, 0.3) is 0 Å². The number of nitrogens with zero attached hydrogens (tertiary/aromatic N) is 3. The summed E-state index contributed by atoms with van der Waals surface area (Å²) < 4.78 is 4.86. The van der Waals surface area contributed by atoms with Gasteiger partial charge in [0.2, 0.25) is 0 Å². The van der Waals surface area contributed by atoms with E-state index in [4.69, 9.17) is 4.74 Å². The van der Waals surface area contributed by atoms with E-state index in [-0.39, 0.29) is 5.97 Å². The van der Waals surface area contributed by atoms with Crippen LogP contribution < -0.4 is 4.90 Å². The number of likely N-dealkylation sites (N-methyl/N-ethyl adjacent to an activating group) is 1. The second-order valence-electron chi connectivity index (χ2n) is 6.12. The number of piperazine rings is 1. The molecule has 0 unspecified atom stereocenters. The van der Waals surface area contributed by atoms with E-state index in [0.29, 0.717) is 5.56 Å². The first-order chi connectivity index (χ1) is 10.5. The van der Waals surface area contributed by atoms with Crippen molar-refractivity contribution in [1.29, 1.82) is 0 Å². The molecule has 1 aromatic rings. The summed E-state index contributed by atoms with van der Waals surface area (Å²) in [7, 11) is 5.64. The molecule has 1 aliphatic rings. The molecule has 22 heavy (non-hydrogen) atoms. The highest BCUT2D eigenvalue weighted by atomic mass is 16.5. The number of rotatable bonds is 5. The second-order valence-corrected chi connectivity index (χ2v) is 6.12. The van der Waals surface area contributed by atoms with Crippen molar-refractivity contribution >= 4 is 11.7 Å². The fraction of sp³-hybridized carbons (Fsp3) is 0.588. The normalized spacial score (nSPS) is 16.1. The van der Waals surface area contributed by atoms with Crippen LogP contribution in [0.15, 0.2) is 18.2 Å². The molecule has 1 fully saturated rings. The van der Waals surface area contributed by atoms with Crippen LogP contribution in [0.1, 0.15) is 15.9 Å². The van der Waals surface area contributed by atoms with E-state index < -0.39 is 0 Å². The van der Waals surface area contributed by atoms with Gasteiger partial charge < -0.3 is 14.5 Å². The quantitative estimate of drug-likeness (QED) is 0.770. The van der Waals surface area contributed by atoms with Crippen molar-refractivity contribution < 1.29 is 9.53 Å². The zero-order valence-corrected chi connectivity index (χ0v) is 14.1. The molecule has 1 aliphatic heterocycles. The van der Waals surface area contributed by atoms with Gasteiger partial charge in [-0.05, 0) is 38.7 Å². The zero-order chi connectivity index (χ0) is 16.1. The lowest BCUT2D eigenvalue weighted by atomic mass is 10.1. The maximum absolute atomic E-state index is 11.8. The van der Waals surface area contributed by atoms with Gasteiger partial charge in [-0.1, -0.05) is 6.07 Å². The first kappa shape index (κ1) is 16.8. The van der Waals surface area contributed by atoms with Crippen LogP contribution in [0.5, 0.6) is 0 Å². The number of aryl methyl sites for hydroxylation is 1. The molecule has 0 spiro atoms. The van der Waals surface area contributed by atoms with E-state index in [2.05, 4.69) is 34.9 Å². The van der Waals surface area contributed by atoms with Gasteiger partial charge in [-0.25, -0.2) is 4.79 Å². The average Bonchev–Trinajstić information content (AvgIpc) is 2.53. The Kier molecular flexibility index (Phi) is 5.80. The number of carbonyl (C=O) groups is 1. The van der Waals surface area contributed by atoms with E-state index in [1.54, 1.807) is 0 Å². The molecule has 0 saturated carbocycles. The summed E-state index contributed by atoms with van der Waals surface area (Å²) in [6.45, 7) is 8.27. The van der Waals surface area contributed by atoms with Crippen molar-refractivity contribution in [2.75, 3.05) is 65.4 Å². The van der Waals surface area contributed by atoms with Crippen LogP contribution in [0.2, 0.25) is 0 Å². The topological polar surface area (TPSA) is 36.0 Å². The summed E-state index contributed by atoms with van der Waals surface area (Å²) in [4.78, 5) is 18.9. The van der Waals surface area contributed by atoms with Gasteiger partial charge in [0.25, 0.3) is 0 Å². The maximum atomic E-state index is 11.8. The van der Waals surface area contributed by atoms with Crippen molar-refractivity contribution in [2.24, 2.45) is 0 Å². The molecule has 0 bridgehead atoms. The summed E-state index contributed by atoms with van der Waals surface area (Å²) in [6, 6.07) is 6.05. The third-order valence-corrected chi connectivity index (χ3v) is 4.23. The molecule has 0 radical (unpaired) electrons. The molecule has 2 rings (SSSR count). The van der Waals surface area contributed by atoms with Crippen LogP contribution in [0.4, 0.5) is 5.69 Å². The SMILES string of the molecule is COC(=O)c1cc(N2CCN(CCN(C)C)CC2)ccc1C. The predicted octanol–water partition coefficient (Wildman–Crippen LogP) is 1.47. The van der Waals surface area contributed by atoms with Crippen LogP contribution in [-0.2, 0) is 4.74 Å². The van der Waals surface area contributed by atoms with Crippen molar-refractivity contribution in [3.8, 4) is 0 Å². The molecular formula is C17H27N3O2. The standard InChI is InChI=1S/C17H27N3O2/c1-14-5-6-15(13-16(14)17(21)22-4)20-11-9-19(10-12-20)8-7-18(2)3/h5-6,13H,7-12H2,1-4H3. The number of benzene rings is 1. The van der Waals surface area contributed by atoms with E-state index in [1.165, 1.54) is 7.11 Å². The molecule has 1 saturated heterocycles. The Hall–Kier alpha value is -1.59. The van der Waals surface area contributed by atoms with E-state index in [1.807, 2.05) is 19.1 Å². The van der Waals surface area contributed by atoms with Gasteiger partial charge in [0.15, 0.2) is 0 Å². The fourth-order valence-electron chi connectivity index (χ4n) is 2.71. The number of hydrogen-bond donors (Lipinski definition) is 0. The minimum Gasteiger partial charge on any atom is -0.465 e. The molecule has 1 aromatic carbocycles. The largest absolute Gasteiger partial charge is 0.465 e. The third-order valence-electron chi connectivity index (χ3n) is 4.23. The van der Waals surface area contributed by atoms with E-state index in [0.717, 1.165) is 50.5 Å². The molecular weight excluding hydrogens is 278 g/mol. The molecule has 0 aromatic heterocycles. The van der Waals surface area contributed by atoms with Crippen LogP contribution >= 0.6 is 0 Å². The van der Waals surface area contributed by atoms with Crippen LogP contribution in [-0.4, -0.2) is 76.2 Å². The predicted molar refractivity (Wildman–Crippen MR) is 89.7 cm³/mol. The molecule has 122 valence electrons. The monoisotopic (exact) mass is 305 g/mol. The Bertz CT molecular complexity index is 509. The number of anilines is 1. The maximum Gasteiger partial charge on any atom is 0.338 e. The van der Waals surface area contributed by atoms with E-state index >= 15 is 0 Å². The summed E-state index contributed by atoms with van der Waals surface area (Å²) in [5.74, 6) is -0.260. The van der Waals surface area contributed by atoms with Gasteiger partial charge in [0.1, 0.15) is 0 Å². The van der Waals surface area contributed by atoms with Gasteiger partial charge in [-0.2, -0.15) is 0 Å². The number of methoxy groups -OCH3 is 1. The van der Waals surface area contributed by atoms with Gasteiger partial charge in [-0.3, -0.25) is 4.90 Å². The highest BCUT2D eigenvalue weighted by molar-refractivity contribution is 5.92. The molecule has 1 heterocycles. The van der Waals surface area contributed by atoms with Crippen molar-refractivity contribution in [3.63, 3.8) is 0 Å². The Morgan fingerprint density at radius 3 is 2.50 bits per heavy atom. The highest BCUT2D eigenvalue weighted by Gasteiger charge is 2.19. The van der Waals surface area contributed by atoms with Crippen LogP contribution in [0, 0.1) is 6.92 Å². The zero-order valence-electron chi connectivity index (χ0n) is 14.1. The van der Waals surface area contributed by atoms with Gasteiger partial charge in [0.05, 0.1) is 12.7 Å². The Balaban J connectivity index is 1.98. The molecule has 5 heteroatoms. The first-order valence-electron chi connectivity index (χ1n) is 7.82. The Morgan fingerprint density at radius 1 is 1.23 bits per heavy atom. The molecule has 0 N–H and O–H groups in total. The number of hydrogen-bond acceptors (Lipinski definition) is 5. The second kappa shape index (κ2) is 7.61. The lowest BCUT2D eigenvalue weighted by Crippen LogP contribution is -2.48. The smallest absolute Gasteiger partial charge is 0.338 e. The number of ether oxygens (including phenoxy) is 1. The molecule has 0 atom stereocenters. The van der Waals surface area contributed by atoms with Crippen molar-refractivity contribution in [1.82, 2.24) is 9.80 Å². The Morgan fingerprint density at radius 2 is 1.91 bits per heavy atom. The van der Waals surface area contributed by atoms with Crippen molar-refractivity contribution in [2.45, 2.75) is 6.92 Å². The van der Waals surface area contributed by atoms with E-state index in [9.17, 15) is 4.79 Å². The molecule has 0 aliphatic carbocycles. The van der Waals surface area contributed by atoms with Gasteiger partial charge >= 0.3 is 5.97 Å². The summed E-state index contributed by atoms with van der Waals surface area (Å²) >= 11 is 0. The van der Waals surface area contributed by atoms with Crippen LogP contribution in [0.3, 0.4) is 0 Å². The Labute approximate surface area is 133 Å². The van der Waals surface area contributed by atoms with Crippen molar-refractivity contribution in [3.05, 3.63) is 29.3 Å². The lowest BCUT2D eigenvalue weighted by molar-refractivity contribution is 0.0600. The fourth-order valence-corrected chi connectivity index (χ4v) is 2.71. The summed E-state index contributed by atoms with van der Waals surface area (Å²) in [5.41, 5.74) is 2.73. The first-order valence-corrected chi connectivity index (χ1v) is 7.82. The highest BCUT2D eigenvalue weighted by Crippen LogP contribution is 2.21. The lowest BCUT2D eigenvalue weighted by Gasteiger charge is -2.36. The minimum atomic E-state index is -0.260. The minimum absolute atomic E-state index is 0.260. The van der Waals surface area contributed by atoms with Gasteiger partial charge in [-0.15, -0.1) is 0 Å². The number of carbonyl (C=O) groups excluding carboxylic acids is 1. The summed E-state index contributed by atoms with van der Waals surface area (Å²) in [5, 5.41) is 0. The molecule has 0 amide bonds. The average molecular weight is 305 g/mol. The third kappa shape index (κ3) is 4.21. The number of esters is 1. The molecule has 5 nitrogen and oxygen atoms in total. The van der Waals surface area contributed by atoms with Gasteiger partial charge in [0, 0.05) is 45.0 Å².